The Hall–Kier alpha value is -0.560. The van der Waals surface area contributed by atoms with Gasteiger partial charge in [-0.3, -0.25) is 4.79 Å². The van der Waals surface area contributed by atoms with Crippen molar-refractivity contribution in [3.05, 3.63) is 0 Å². The summed E-state index contributed by atoms with van der Waals surface area (Å²) in [5.74, 6) is 0.235. The molecule has 5 nitrogen and oxygen atoms in total. The third-order valence-electron chi connectivity index (χ3n) is 1.15. The molecule has 0 bridgehead atoms. The van der Waals surface area contributed by atoms with Crippen LogP contribution in [-0.2, 0) is 9.53 Å². The predicted molar refractivity (Wildman–Crippen MR) is 48.2 cm³/mol. The third kappa shape index (κ3) is 2.21. The molecule has 1 unspecified atom stereocenters. The lowest BCUT2D eigenvalue weighted by Crippen LogP contribution is -2.31. The Morgan fingerprint density at radius 1 is 1.92 bits per heavy atom. The minimum absolute atomic E-state index is 0.102. The van der Waals surface area contributed by atoms with Crippen LogP contribution in [0.1, 0.15) is 0 Å². The highest BCUT2D eigenvalue weighted by atomic mass is 32.2. The maximum Gasteiger partial charge on any atom is 0.288 e. The molecule has 7 heteroatoms. The van der Waals surface area contributed by atoms with Crippen molar-refractivity contribution in [3.63, 3.8) is 0 Å². The van der Waals surface area contributed by atoms with Gasteiger partial charge in [0.15, 0.2) is 0 Å². The highest BCUT2D eigenvalue weighted by Gasteiger charge is 2.26. The van der Waals surface area contributed by atoms with Gasteiger partial charge < -0.3 is 15.3 Å². The molecule has 1 saturated heterocycles. The molecule has 1 aliphatic heterocycles. The van der Waals surface area contributed by atoms with Gasteiger partial charge >= 0.3 is 0 Å². The van der Waals surface area contributed by atoms with Crippen molar-refractivity contribution in [3.8, 4) is 0 Å². The molecule has 1 rings (SSSR count). The summed E-state index contributed by atoms with van der Waals surface area (Å²) in [4.78, 5) is 11.1. The zero-order valence-electron chi connectivity index (χ0n) is 6.31. The average Bonchev–Trinajstić information content (AvgIpc) is 2.17. The van der Waals surface area contributed by atoms with E-state index >= 15 is 0 Å². The van der Waals surface area contributed by atoms with Gasteiger partial charge in [0, 0.05) is 7.05 Å². The fourth-order valence-corrected chi connectivity index (χ4v) is 2.52. The summed E-state index contributed by atoms with van der Waals surface area (Å²) in [5, 5.41) is 13.9. The van der Waals surface area contributed by atoms with Gasteiger partial charge in [-0.2, -0.15) is 0 Å². The highest BCUT2D eigenvalue weighted by molar-refractivity contribution is 8.26. The van der Waals surface area contributed by atoms with Crippen molar-refractivity contribution in [2.24, 2.45) is 5.16 Å². The number of hydrogen-bond donors (Lipinski definition) is 2. The summed E-state index contributed by atoms with van der Waals surface area (Å²) < 4.78 is 4.62. The van der Waals surface area contributed by atoms with Gasteiger partial charge in [-0.25, -0.2) is 0 Å². The first-order chi connectivity index (χ1) is 5.77. The molecule has 68 valence electrons. The highest BCUT2D eigenvalue weighted by Crippen LogP contribution is 2.30. The Labute approximate surface area is 77.9 Å². The van der Waals surface area contributed by atoms with E-state index in [1.807, 2.05) is 0 Å². The van der Waals surface area contributed by atoms with Crippen LogP contribution < -0.4 is 5.32 Å². The number of ether oxygens (including phenoxy) is 1. The van der Waals surface area contributed by atoms with Crippen LogP contribution in [0.2, 0.25) is 0 Å². The molecule has 1 amide bonds. The van der Waals surface area contributed by atoms with Crippen molar-refractivity contribution >= 4 is 34.7 Å². The zero-order valence-corrected chi connectivity index (χ0v) is 7.94. The van der Waals surface area contributed by atoms with Crippen LogP contribution in [-0.4, -0.2) is 33.9 Å². The topological polar surface area (TPSA) is 70.9 Å². The third-order valence-corrected chi connectivity index (χ3v) is 3.45. The summed E-state index contributed by atoms with van der Waals surface area (Å²) in [6.45, 7) is 0. The van der Waals surface area contributed by atoms with Crippen molar-refractivity contribution in [1.82, 2.24) is 5.32 Å². The van der Waals surface area contributed by atoms with Crippen LogP contribution in [0.4, 0.5) is 0 Å². The van der Waals surface area contributed by atoms with Crippen LogP contribution >= 0.6 is 23.5 Å². The summed E-state index contributed by atoms with van der Waals surface area (Å²) in [6, 6.07) is 0. The van der Waals surface area contributed by atoms with E-state index in [2.05, 4.69) is 10.5 Å². The molecule has 0 aliphatic carbocycles. The van der Waals surface area contributed by atoms with Crippen LogP contribution in [0.15, 0.2) is 5.16 Å². The van der Waals surface area contributed by atoms with Gasteiger partial charge in [0.05, 0.1) is 0 Å². The second-order valence-electron chi connectivity index (χ2n) is 1.86. The van der Waals surface area contributed by atoms with Gasteiger partial charge in [-0.1, -0.05) is 11.8 Å². The Morgan fingerprint density at radius 2 is 2.67 bits per heavy atom. The second kappa shape index (κ2) is 4.46. The molecule has 0 aromatic rings. The molecule has 12 heavy (non-hydrogen) atoms. The Bertz CT molecular complexity index is 209. The minimum atomic E-state index is -0.283. The maximum absolute atomic E-state index is 11.1. The average molecular weight is 208 g/mol. The Balaban J connectivity index is 2.51. The fraction of sp³-hybridized carbons (Fsp3) is 0.600. The van der Waals surface area contributed by atoms with Crippen LogP contribution in [0, 0.1) is 0 Å². The largest absolute Gasteiger partial charge is 0.460 e. The summed E-state index contributed by atoms with van der Waals surface area (Å²) in [7, 11) is 1.56. The molecule has 0 spiro atoms. The predicted octanol–water partition coefficient (Wildman–Crippen LogP) is 0.258. The molecule has 0 saturated carbocycles. The number of nitrogens with zero attached hydrogens (tertiary/aromatic N) is 1. The van der Waals surface area contributed by atoms with E-state index in [9.17, 15) is 4.79 Å². The van der Waals surface area contributed by atoms with E-state index in [1.54, 1.807) is 7.05 Å². The molecular weight excluding hydrogens is 200 g/mol. The van der Waals surface area contributed by atoms with E-state index in [-0.39, 0.29) is 15.7 Å². The van der Waals surface area contributed by atoms with Crippen molar-refractivity contribution in [2.75, 3.05) is 13.0 Å². The van der Waals surface area contributed by atoms with Gasteiger partial charge in [0.1, 0.15) is 10.5 Å². The first kappa shape index (κ1) is 9.53. The first-order valence-corrected chi connectivity index (χ1v) is 5.05. The number of carbonyl (C=O) groups is 1. The van der Waals surface area contributed by atoms with Crippen molar-refractivity contribution in [1.29, 1.82) is 0 Å². The maximum atomic E-state index is 11.1. The molecule has 0 radical (unpaired) electrons. The number of carbonyl (C=O) groups excluding carboxylic acids is 1. The second-order valence-corrected chi connectivity index (χ2v) is 4.25. The normalized spacial score (nSPS) is 26.4. The molecule has 1 heterocycles. The van der Waals surface area contributed by atoms with Crippen LogP contribution in [0.25, 0.3) is 0 Å². The lowest BCUT2D eigenvalue weighted by atomic mass is 10.7. The van der Waals surface area contributed by atoms with Crippen LogP contribution in [0.5, 0.6) is 0 Å². The lowest BCUT2D eigenvalue weighted by Gasteiger charge is -2.19. The van der Waals surface area contributed by atoms with Crippen LogP contribution in [0.3, 0.4) is 0 Å². The number of nitrogens with one attached hydrogen (secondary N) is 1. The molecule has 1 aliphatic rings. The number of hydrogen-bond acceptors (Lipinski definition) is 6. The van der Waals surface area contributed by atoms with Crippen molar-refractivity contribution < 1.29 is 14.7 Å². The van der Waals surface area contributed by atoms with E-state index in [0.29, 0.717) is 5.94 Å². The van der Waals surface area contributed by atoms with E-state index in [4.69, 9.17) is 9.94 Å². The molecule has 0 aromatic carbocycles. The Morgan fingerprint density at radius 3 is 3.25 bits per heavy atom. The number of amides is 1. The summed E-state index contributed by atoms with van der Waals surface area (Å²) in [5.41, 5.74) is 0. The summed E-state index contributed by atoms with van der Waals surface area (Å²) in [6.07, 6.45) is 0. The number of thioether (sulfide) groups is 2. The number of rotatable bonds is 1. The Kier molecular flexibility index (Phi) is 3.54. The van der Waals surface area contributed by atoms with E-state index in [1.165, 1.54) is 11.8 Å². The SMILES string of the molecule is CNC(=O)C1SCOC(=NO)S1. The van der Waals surface area contributed by atoms with Gasteiger partial charge in [-0.15, -0.1) is 0 Å². The van der Waals surface area contributed by atoms with Gasteiger partial charge in [0.25, 0.3) is 5.23 Å². The van der Waals surface area contributed by atoms with Gasteiger partial charge in [-0.05, 0) is 16.9 Å². The molecular formula is C5H8N2O3S2. The smallest absolute Gasteiger partial charge is 0.288 e. The van der Waals surface area contributed by atoms with Gasteiger partial charge in [0.2, 0.25) is 5.91 Å². The molecule has 0 aromatic heterocycles. The van der Waals surface area contributed by atoms with E-state index < -0.39 is 0 Å². The minimum Gasteiger partial charge on any atom is -0.460 e. The van der Waals surface area contributed by atoms with Crippen molar-refractivity contribution in [2.45, 2.75) is 4.58 Å². The quantitative estimate of drug-likeness (QED) is 0.477. The number of oxime groups is 1. The first-order valence-electron chi connectivity index (χ1n) is 3.12. The van der Waals surface area contributed by atoms with E-state index in [0.717, 1.165) is 11.8 Å². The lowest BCUT2D eigenvalue weighted by molar-refractivity contribution is -0.118. The fourth-order valence-electron chi connectivity index (χ4n) is 0.605. The molecule has 2 N–H and O–H groups in total. The molecule has 1 fully saturated rings. The monoisotopic (exact) mass is 208 g/mol. The standard InChI is InChI=1S/C5H8N2O3S2/c1-6-3(8)4-11-2-10-5(7-9)12-4/h4,9H,2H2,1H3,(H,6,8). The molecule has 1 atom stereocenters. The zero-order chi connectivity index (χ0) is 8.97. The summed E-state index contributed by atoms with van der Waals surface area (Å²) >= 11 is 2.44.